The van der Waals surface area contributed by atoms with Crippen molar-refractivity contribution in [3.05, 3.63) is 53.4 Å². The number of halogens is 1. The quantitative estimate of drug-likeness (QED) is 0.624. The zero-order chi connectivity index (χ0) is 18.7. The van der Waals surface area contributed by atoms with E-state index in [1.54, 1.807) is 47.6 Å². The molecule has 0 saturated carbocycles. The molecule has 1 N–H and O–H groups in total. The summed E-state index contributed by atoms with van der Waals surface area (Å²) >= 11 is 11.3. The minimum atomic E-state index is -0.685. The number of rotatable bonds is 5. The van der Waals surface area contributed by atoms with Crippen LogP contribution >= 0.6 is 23.8 Å². The van der Waals surface area contributed by atoms with Gasteiger partial charge in [0.1, 0.15) is 11.8 Å². The molecule has 26 heavy (non-hydrogen) atoms. The number of hydrogen-bond donors (Lipinski definition) is 1. The molecule has 8 heteroatoms. The Hall–Kier alpha value is -2.38. The highest BCUT2D eigenvalue weighted by molar-refractivity contribution is 7.80. The molecule has 6 nitrogen and oxygen atoms in total. The highest BCUT2D eigenvalue weighted by Crippen LogP contribution is 2.27. The number of furan rings is 1. The van der Waals surface area contributed by atoms with Gasteiger partial charge in [-0.3, -0.25) is 9.59 Å². The van der Waals surface area contributed by atoms with E-state index in [0.717, 1.165) is 0 Å². The van der Waals surface area contributed by atoms with E-state index in [9.17, 15) is 9.59 Å². The Morgan fingerprint density at radius 2 is 2.08 bits per heavy atom. The maximum absolute atomic E-state index is 13.0. The lowest BCUT2D eigenvalue weighted by atomic mass is 10.2. The van der Waals surface area contributed by atoms with Gasteiger partial charge in [-0.15, -0.1) is 0 Å². The average Bonchev–Trinajstić information content (AvgIpc) is 3.22. The van der Waals surface area contributed by atoms with Crippen molar-refractivity contribution >= 4 is 46.4 Å². The fraction of sp³-hybridized carbons (Fsp3) is 0.278. The molecular weight excluding hydrogens is 374 g/mol. The summed E-state index contributed by atoms with van der Waals surface area (Å²) in [5, 5.41) is 4.00. The summed E-state index contributed by atoms with van der Waals surface area (Å²) in [7, 11) is 0. The first-order chi connectivity index (χ1) is 12.5. The van der Waals surface area contributed by atoms with Crippen LogP contribution in [0.4, 0.5) is 5.69 Å². The van der Waals surface area contributed by atoms with Gasteiger partial charge in [0.15, 0.2) is 5.11 Å². The van der Waals surface area contributed by atoms with E-state index in [0.29, 0.717) is 34.7 Å². The highest BCUT2D eigenvalue weighted by atomic mass is 35.5. The summed E-state index contributed by atoms with van der Waals surface area (Å²) in [6.45, 7) is 2.83. The monoisotopic (exact) mass is 391 g/mol. The Kier molecular flexibility index (Phi) is 5.58. The molecule has 1 unspecified atom stereocenters. The number of thiocarbonyl (C=S) groups is 1. The molecule has 1 aliphatic rings. The van der Waals surface area contributed by atoms with Crippen molar-refractivity contribution in [3.63, 3.8) is 0 Å². The average molecular weight is 392 g/mol. The van der Waals surface area contributed by atoms with E-state index in [1.165, 1.54) is 4.90 Å². The number of benzene rings is 1. The van der Waals surface area contributed by atoms with Crippen LogP contribution in [-0.2, 0) is 16.1 Å². The number of amides is 2. The van der Waals surface area contributed by atoms with Gasteiger partial charge in [-0.25, -0.2) is 4.90 Å². The van der Waals surface area contributed by atoms with Crippen molar-refractivity contribution in [3.8, 4) is 0 Å². The van der Waals surface area contributed by atoms with Crippen molar-refractivity contribution in [1.29, 1.82) is 0 Å². The van der Waals surface area contributed by atoms with Crippen LogP contribution in [0.2, 0.25) is 5.02 Å². The van der Waals surface area contributed by atoms with Crippen molar-refractivity contribution < 1.29 is 14.0 Å². The van der Waals surface area contributed by atoms with Gasteiger partial charge >= 0.3 is 0 Å². The number of anilines is 1. The number of carbonyl (C=O) groups is 2. The summed E-state index contributed by atoms with van der Waals surface area (Å²) < 4.78 is 5.39. The van der Waals surface area contributed by atoms with Crippen LogP contribution in [0.3, 0.4) is 0 Å². The second-order valence-corrected chi connectivity index (χ2v) is 6.63. The van der Waals surface area contributed by atoms with Crippen molar-refractivity contribution in [2.75, 3.05) is 11.4 Å². The van der Waals surface area contributed by atoms with Gasteiger partial charge in [-0.1, -0.05) is 11.6 Å². The first kappa shape index (κ1) is 18.4. The molecule has 1 aromatic heterocycles. The van der Waals surface area contributed by atoms with Crippen LogP contribution < -0.4 is 10.2 Å². The summed E-state index contributed by atoms with van der Waals surface area (Å²) in [5.41, 5.74) is 0.499. The Morgan fingerprint density at radius 3 is 2.69 bits per heavy atom. The standard InChI is InChI=1S/C18H18ClN3O3S/c1-2-20-18(26)21(11-14-4-3-9-25-14)15-10-16(23)22(17(15)24)13-7-5-12(19)6-8-13/h3-9,15H,2,10-11H2,1H3,(H,20,26). The van der Waals surface area contributed by atoms with Gasteiger partial charge in [0.25, 0.3) is 5.91 Å². The molecule has 1 atom stereocenters. The van der Waals surface area contributed by atoms with Crippen LogP contribution in [-0.4, -0.2) is 34.4 Å². The zero-order valence-electron chi connectivity index (χ0n) is 14.1. The molecule has 1 aromatic carbocycles. The van der Waals surface area contributed by atoms with E-state index in [4.69, 9.17) is 28.2 Å². The molecular formula is C18H18ClN3O3S. The third-order valence-corrected chi connectivity index (χ3v) is 4.71. The molecule has 1 fully saturated rings. The van der Waals surface area contributed by atoms with Gasteiger partial charge in [0, 0.05) is 11.6 Å². The topological polar surface area (TPSA) is 65.8 Å². The predicted octanol–water partition coefficient (Wildman–Crippen LogP) is 2.96. The van der Waals surface area contributed by atoms with E-state index in [1.807, 2.05) is 6.92 Å². The Labute approximate surface area is 161 Å². The van der Waals surface area contributed by atoms with Crippen LogP contribution in [0.15, 0.2) is 47.1 Å². The normalized spacial score (nSPS) is 16.8. The van der Waals surface area contributed by atoms with Gasteiger partial charge in [0.2, 0.25) is 5.91 Å². The van der Waals surface area contributed by atoms with E-state index in [2.05, 4.69) is 5.32 Å². The van der Waals surface area contributed by atoms with E-state index in [-0.39, 0.29) is 18.2 Å². The van der Waals surface area contributed by atoms with Gasteiger partial charge in [-0.05, 0) is 55.5 Å². The molecule has 0 radical (unpaired) electrons. The molecule has 0 spiro atoms. The Bertz CT molecular complexity index is 808. The Morgan fingerprint density at radius 1 is 1.35 bits per heavy atom. The number of nitrogens with one attached hydrogen (secondary N) is 1. The van der Waals surface area contributed by atoms with Crippen LogP contribution in [0.5, 0.6) is 0 Å². The largest absolute Gasteiger partial charge is 0.467 e. The predicted molar refractivity (Wildman–Crippen MR) is 103 cm³/mol. The first-order valence-electron chi connectivity index (χ1n) is 8.20. The van der Waals surface area contributed by atoms with Crippen molar-refractivity contribution in [2.24, 2.45) is 0 Å². The SMILES string of the molecule is CCNC(=S)N(Cc1ccco1)C1CC(=O)N(c2ccc(Cl)cc2)C1=O. The van der Waals surface area contributed by atoms with Gasteiger partial charge < -0.3 is 14.6 Å². The van der Waals surface area contributed by atoms with Crippen LogP contribution in [0, 0.1) is 0 Å². The van der Waals surface area contributed by atoms with Gasteiger partial charge in [0.05, 0.1) is 24.9 Å². The molecule has 136 valence electrons. The third-order valence-electron chi connectivity index (χ3n) is 4.08. The molecule has 1 saturated heterocycles. The fourth-order valence-electron chi connectivity index (χ4n) is 2.87. The lowest BCUT2D eigenvalue weighted by Crippen LogP contribution is -2.49. The maximum Gasteiger partial charge on any atom is 0.257 e. The fourth-order valence-corrected chi connectivity index (χ4v) is 3.33. The highest BCUT2D eigenvalue weighted by Gasteiger charge is 2.43. The first-order valence-corrected chi connectivity index (χ1v) is 8.99. The maximum atomic E-state index is 13.0. The summed E-state index contributed by atoms with van der Waals surface area (Å²) in [5.74, 6) is 0.0747. The minimum absolute atomic E-state index is 0.0493. The van der Waals surface area contributed by atoms with Crippen molar-refractivity contribution in [1.82, 2.24) is 10.2 Å². The molecule has 3 rings (SSSR count). The number of imide groups is 1. The van der Waals surface area contributed by atoms with Crippen LogP contribution in [0.1, 0.15) is 19.1 Å². The lowest BCUT2D eigenvalue weighted by molar-refractivity contribution is -0.122. The lowest BCUT2D eigenvalue weighted by Gasteiger charge is -2.29. The van der Waals surface area contributed by atoms with E-state index < -0.39 is 6.04 Å². The van der Waals surface area contributed by atoms with E-state index >= 15 is 0 Å². The summed E-state index contributed by atoms with van der Waals surface area (Å²) in [6.07, 6.45) is 1.61. The minimum Gasteiger partial charge on any atom is -0.467 e. The Balaban J connectivity index is 1.87. The smallest absolute Gasteiger partial charge is 0.257 e. The molecule has 2 amide bonds. The molecule has 0 bridgehead atoms. The van der Waals surface area contributed by atoms with Crippen LogP contribution in [0.25, 0.3) is 0 Å². The summed E-state index contributed by atoms with van der Waals surface area (Å²) in [4.78, 5) is 28.4. The molecule has 2 heterocycles. The van der Waals surface area contributed by atoms with Crippen molar-refractivity contribution in [2.45, 2.75) is 25.9 Å². The molecule has 1 aliphatic heterocycles. The number of hydrogen-bond acceptors (Lipinski definition) is 4. The molecule has 2 aromatic rings. The second-order valence-electron chi connectivity index (χ2n) is 5.81. The zero-order valence-corrected chi connectivity index (χ0v) is 15.7. The summed E-state index contributed by atoms with van der Waals surface area (Å²) in [6, 6.07) is 9.49. The third kappa shape index (κ3) is 3.73. The molecule has 0 aliphatic carbocycles. The number of nitrogens with zero attached hydrogens (tertiary/aromatic N) is 2. The second kappa shape index (κ2) is 7.88. The van der Waals surface area contributed by atoms with Gasteiger partial charge in [-0.2, -0.15) is 0 Å². The number of carbonyl (C=O) groups excluding carboxylic acids is 2.